The number of fused-ring (bicyclic) bond motifs is 2. The average molecular weight is 419 g/mol. The average Bonchev–Trinajstić information content (AvgIpc) is 2.76. The van der Waals surface area contributed by atoms with Gasteiger partial charge in [-0.1, -0.05) is 20.8 Å². The van der Waals surface area contributed by atoms with Crippen LogP contribution in [0.1, 0.15) is 52.1 Å². The zero-order valence-electron chi connectivity index (χ0n) is 18.6. The molecule has 1 unspecified atom stereocenters. The van der Waals surface area contributed by atoms with Crippen LogP contribution in [0.3, 0.4) is 0 Å². The van der Waals surface area contributed by atoms with E-state index in [9.17, 15) is 9.59 Å². The zero-order chi connectivity index (χ0) is 22.3. The SMILES string of the molecule is [B]c1c(N[C@@H]2C[C@@H]3C[C@H]([C@H]2C)C3(C)C)cnn(C(C)C(=O)NCc2ccncc2)c1=O. The molecule has 2 N–H and O–H groups in total. The first kappa shape index (κ1) is 21.6. The first-order chi connectivity index (χ1) is 14.7. The molecule has 2 radical (unpaired) electrons. The minimum Gasteiger partial charge on any atom is -0.381 e. The summed E-state index contributed by atoms with van der Waals surface area (Å²) in [5.74, 6) is 1.58. The van der Waals surface area contributed by atoms with E-state index in [4.69, 9.17) is 7.85 Å². The van der Waals surface area contributed by atoms with Crippen molar-refractivity contribution in [1.29, 1.82) is 0 Å². The molecule has 5 rings (SSSR count). The van der Waals surface area contributed by atoms with Gasteiger partial charge in [-0.2, -0.15) is 5.10 Å². The topological polar surface area (TPSA) is 88.9 Å². The van der Waals surface area contributed by atoms with Crippen molar-refractivity contribution in [3.05, 3.63) is 46.6 Å². The van der Waals surface area contributed by atoms with E-state index in [1.54, 1.807) is 25.5 Å². The van der Waals surface area contributed by atoms with Crippen LogP contribution in [-0.2, 0) is 11.3 Å². The molecule has 0 spiro atoms. The molecule has 3 saturated carbocycles. The van der Waals surface area contributed by atoms with Gasteiger partial charge < -0.3 is 10.6 Å². The summed E-state index contributed by atoms with van der Waals surface area (Å²) in [5, 5.41) is 10.6. The normalized spacial score (nSPS) is 27.1. The van der Waals surface area contributed by atoms with Crippen LogP contribution in [0.2, 0.25) is 0 Å². The first-order valence-electron chi connectivity index (χ1n) is 11.0. The number of amides is 1. The maximum atomic E-state index is 12.9. The van der Waals surface area contributed by atoms with Gasteiger partial charge in [-0.05, 0) is 66.1 Å². The lowest BCUT2D eigenvalue weighted by Gasteiger charge is -2.62. The molecule has 2 aromatic rings. The molecule has 3 aliphatic carbocycles. The van der Waals surface area contributed by atoms with Gasteiger partial charge in [-0.15, -0.1) is 0 Å². The molecule has 3 fully saturated rings. The Bertz CT molecular complexity index is 1020. The van der Waals surface area contributed by atoms with Crippen LogP contribution in [-0.4, -0.2) is 34.6 Å². The monoisotopic (exact) mass is 419 g/mol. The molecule has 31 heavy (non-hydrogen) atoms. The Morgan fingerprint density at radius 2 is 2.03 bits per heavy atom. The molecule has 0 aromatic carbocycles. The minimum atomic E-state index is -0.771. The fraction of sp³-hybridized carbons (Fsp3) is 0.565. The number of pyridine rings is 1. The molecule has 2 aromatic heterocycles. The predicted molar refractivity (Wildman–Crippen MR) is 121 cm³/mol. The van der Waals surface area contributed by atoms with Crippen LogP contribution >= 0.6 is 0 Å². The number of anilines is 1. The van der Waals surface area contributed by atoms with Crippen LogP contribution < -0.4 is 21.7 Å². The molecule has 162 valence electrons. The smallest absolute Gasteiger partial charge is 0.262 e. The first-order valence-corrected chi connectivity index (χ1v) is 11.0. The van der Waals surface area contributed by atoms with Gasteiger partial charge in [0.2, 0.25) is 5.91 Å². The number of rotatable bonds is 6. The molecular formula is C23H30BN5O2. The second kappa shape index (κ2) is 8.13. The van der Waals surface area contributed by atoms with Crippen LogP contribution in [0, 0.1) is 23.2 Å². The van der Waals surface area contributed by atoms with Gasteiger partial charge in [-0.3, -0.25) is 14.6 Å². The van der Waals surface area contributed by atoms with Gasteiger partial charge in [0.15, 0.2) is 0 Å². The number of aromatic nitrogens is 3. The van der Waals surface area contributed by atoms with Gasteiger partial charge in [0, 0.05) is 25.0 Å². The summed E-state index contributed by atoms with van der Waals surface area (Å²) in [6.45, 7) is 8.99. The van der Waals surface area contributed by atoms with Crippen molar-refractivity contribution in [2.45, 2.75) is 59.2 Å². The summed E-state index contributed by atoms with van der Waals surface area (Å²) in [5.41, 5.74) is 1.53. The summed E-state index contributed by atoms with van der Waals surface area (Å²) < 4.78 is 1.15. The third kappa shape index (κ3) is 3.88. The van der Waals surface area contributed by atoms with Crippen molar-refractivity contribution in [1.82, 2.24) is 20.1 Å². The van der Waals surface area contributed by atoms with Crippen LogP contribution in [0.25, 0.3) is 0 Å². The zero-order valence-corrected chi connectivity index (χ0v) is 18.6. The van der Waals surface area contributed by atoms with Crippen molar-refractivity contribution in [3.63, 3.8) is 0 Å². The maximum Gasteiger partial charge on any atom is 0.262 e. The highest BCUT2D eigenvalue weighted by Gasteiger charge is 2.56. The van der Waals surface area contributed by atoms with Crippen molar-refractivity contribution in [2.75, 3.05) is 5.32 Å². The minimum absolute atomic E-state index is 0.106. The summed E-state index contributed by atoms with van der Waals surface area (Å²) in [6.07, 6.45) is 7.26. The van der Waals surface area contributed by atoms with Gasteiger partial charge in [-0.25, -0.2) is 4.68 Å². The number of carbonyl (C=O) groups is 1. The molecule has 3 aliphatic rings. The van der Waals surface area contributed by atoms with E-state index >= 15 is 0 Å². The fourth-order valence-electron chi connectivity index (χ4n) is 5.36. The van der Waals surface area contributed by atoms with Crippen molar-refractivity contribution >= 4 is 24.9 Å². The quantitative estimate of drug-likeness (QED) is 0.697. The molecule has 0 aliphatic heterocycles. The van der Waals surface area contributed by atoms with Gasteiger partial charge >= 0.3 is 0 Å². The van der Waals surface area contributed by atoms with Crippen LogP contribution in [0.15, 0.2) is 35.5 Å². The van der Waals surface area contributed by atoms with Gasteiger partial charge in [0.25, 0.3) is 5.56 Å². The van der Waals surface area contributed by atoms with Gasteiger partial charge in [0.05, 0.1) is 11.9 Å². The molecule has 1 amide bonds. The standard InChI is InChI=1S/C23H30BN5O2/c1-13-17-9-16(23(17,3)4)10-18(13)28-19-12-27-29(22(31)20(19)24)14(2)21(30)26-11-15-5-7-25-8-6-15/h5-8,12-14,16-18,28H,9-11H2,1-4H3,(H,26,30)/t13-,14?,16+,17-,18-/m1/s1. The van der Waals surface area contributed by atoms with E-state index in [0.717, 1.165) is 16.7 Å². The van der Waals surface area contributed by atoms with E-state index in [1.165, 1.54) is 6.42 Å². The van der Waals surface area contributed by atoms with E-state index in [-0.39, 0.29) is 17.4 Å². The molecule has 8 heteroatoms. The summed E-state index contributed by atoms with van der Waals surface area (Å²) in [6, 6.07) is 3.15. The number of nitrogens with one attached hydrogen (secondary N) is 2. The Balaban J connectivity index is 1.43. The lowest BCUT2D eigenvalue weighted by Crippen LogP contribution is -2.58. The maximum absolute atomic E-state index is 12.9. The van der Waals surface area contributed by atoms with E-state index in [0.29, 0.717) is 35.4 Å². The third-order valence-electron chi connectivity index (χ3n) is 7.70. The van der Waals surface area contributed by atoms with Crippen molar-refractivity contribution in [2.24, 2.45) is 23.2 Å². The number of carbonyl (C=O) groups excluding carboxylic acids is 1. The van der Waals surface area contributed by atoms with Crippen molar-refractivity contribution < 1.29 is 4.79 Å². The van der Waals surface area contributed by atoms with Crippen LogP contribution in [0.4, 0.5) is 5.69 Å². The second-order valence-electron chi connectivity index (χ2n) is 9.68. The Kier molecular flexibility index (Phi) is 5.66. The molecular weight excluding hydrogens is 389 g/mol. The molecule has 0 saturated heterocycles. The summed E-state index contributed by atoms with van der Waals surface area (Å²) in [7, 11) is 6.17. The van der Waals surface area contributed by atoms with Crippen LogP contribution in [0.5, 0.6) is 0 Å². The highest BCUT2D eigenvalue weighted by molar-refractivity contribution is 6.35. The Hall–Kier alpha value is -2.64. The lowest BCUT2D eigenvalue weighted by atomic mass is 9.44. The van der Waals surface area contributed by atoms with E-state index in [1.807, 2.05) is 12.1 Å². The van der Waals surface area contributed by atoms with E-state index in [2.05, 4.69) is 41.5 Å². The Morgan fingerprint density at radius 3 is 2.68 bits per heavy atom. The molecule has 5 atom stereocenters. The molecule has 2 heterocycles. The number of hydrogen-bond donors (Lipinski definition) is 2. The van der Waals surface area contributed by atoms with Gasteiger partial charge in [0.1, 0.15) is 13.9 Å². The summed E-state index contributed by atoms with van der Waals surface area (Å²) in [4.78, 5) is 29.4. The fourth-order valence-corrected chi connectivity index (χ4v) is 5.36. The summed E-state index contributed by atoms with van der Waals surface area (Å²) >= 11 is 0. The lowest BCUT2D eigenvalue weighted by molar-refractivity contribution is -0.124. The number of hydrogen-bond acceptors (Lipinski definition) is 5. The third-order valence-corrected chi connectivity index (χ3v) is 7.70. The second-order valence-corrected chi connectivity index (χ2v) is 9.68. The Morgan fingerprint density at radius 1 is 1.32 bits per heavy atom. The highest BCUT2D eigenvalue weighted by Crippen LogP contribution is 2.61. The largest absolute Gasteiger partial charge is 0.381 e. The van der Waals surface area contributed by atoms with Crippen molar-refractivity contribution in [3.8, 4) is 0 Å². The Labute approximate surface area is 184 Å². The number of nitrogens with zero attached hydrogens (tertiary/aromatic N) is 3. The highest BCUT2D eigenvalue weighted by atomic mass is 16.2. The molecule has 7 nitrogen and oxygen atoms in total. The molecule has 2 bridgehead atoms. The predicted octanol–water partition coefficient (Wildman–Crippen LogP) is 1.79. The van der Waals surface area contributed by atoms with E-state index < -0.39 is 11.6 Å².